The molecule has 0 aromatic carbocycles. The summed E-state index contributed by atoms with van der Waals surface area (Å²) in [7, 11) is 0. The van der Waals surface area contributed by atoms with Gasteiger partial charge < -0.3 is 5.11 Å². The monoisotopic (exact) mass is 168 g/mol. The first-order valence-electron chi connectivity index (χ1n) is 5.56. The molecule has 1 nitrogen and oxygen atoms in total. The van der Waals surface area contributed by atoms with E-state index in [1.807, 2.05) is 0 Å². The van der Waals surface area contributed by atoms with E-state index >= 15 is 0 Å². The van der Waals surface area contributed by atoms with Crippen molar-refractivity contribution in [1.82, 2.24) is 0 Å². The first-order valence-corrected chi connectivity index (χ1v) is 5.56. The minimum absolute atomic E-state index is 0.0396. The summed E-state index contributed by atoms with van der Waals surface area (Å²) < 4.78 is 0. The zero-order valence-corrected chi connectivity index (χ0v) is 7.84. The molecule has 2 atom stereocenters. The normalized spacial score (nSPS) is 38.8. The Morgan fingerprint density at radius 3 is 2.17 bits per heavy atom. The summed E-state index contributed by atoms with van der Waals surface area (Å²) in [6, 6.07) is 0. The standard InChI is InChI=1S/C11H20O/c12-11-8-3-1-2-7-10(11)9-5-4-6-9/h9-12H,1-8H2. The lowest BCUT2D eigenvalue weighted by molar-refractivity contribution is 0.0385. The molecule has 70 valence electrons. The van der Waals surface area contributed by atoms with Gasteiger partial charge in [0.1, 0.15) is 0 Å². The summed E-state index contributed by atoms with van der Waals surface area (Å²) in [6.45, 7) is 0. The van der Waals surface area contributed by atoms with E-state index in [0.717, 1.165) is 12.3 Å². The minimum Gasteiger partial charge on any atom is -0.393 e. The van der Waals surface area contributed by atoms with Crippen LogP contribution in [0.2, 0.25) is 0 Å². The summed E-state index contributed by atoms with van der Waals surface area (Å²) in [5, 5.41) is 9.88. The molecule has 1 N–H and O–H groups in total. The molecule has 0 heterocycles. The molecule has 2 aliphatic rings. The van der Waals surface area contributed by atoms with Crippen LogP contribution in [0.3, 0.4) is 0 Å². The Labute approximate surface area is 75.2 Å². The molecule has 12 heavy (non-hydrogen) atoms. The number of hydrogen-bond acceptors (Lipinski definition) is 1. The van der Waals surface area contributed by atoms with Gasteiger partial charge in [0, 0.05) is 0 Å². The Morgan fingerprint density at radius 2 is 1.50 bits per heavy atom. The van der Waals surface area contributed by atoms with E-state index in [1.54, 1.807) is 0 Å². The van der Waals surface area contributed by atoms with Crippen molar-refractivity contribution >= 4 is 0 Å². The molecule has 0 radical (unpaired) electrons. The number of aliphatic hydroxyl groups is 1. The van der Waals surface area contributed by atoms with Gasteiger partial charge in [-0.3, -0.25) is 0 Å². The zero-order chi connectivity index (χ0) is 8.39. The van der Waals surface area contributed by atoms with Gasteiger partial charge in [0.2, 0.25) is 0 Å². The largest absolute Gasteiger partial charge is 0.393 e. The molecule has 2 rings (SSSR count). The molecule has 0 amide bonds. The van der Waals surface area contributed by atoms with Gasteiger partial charge in [-0.1, -0.05) is 38.5 Å². The fourth-order valence-electron chi connectivity index (χ4n) is 2.73. The van der Waals surface area contributed by atoms with Gasteiger partial charge in [-0.25, -0.2) is 0 Å². The van der Waals surface area contributed by atoms with Crippen LogP contribution in [0.15, 0.2) is 0 Å². The van der Waals surface area contributed by atoms with Gasteiger partial charge in [0.05, 0.1) is 6.10 Å². The second kappa shape index (κ2) is 3.78. The van der Waals surface area contributed by atoms with Gasteiger partial charge in [-0.2, -0.15) is 0 Å². The Hall–Kier alpha value is -0.0400. The van der Waals surface area contributed by atoms with E-state index in [2.05, 4.69) is 0 Å². The van der Waals surface area contributed by atoms with E-state index in [4.69, 9.17) is 0 Å². The van der Waals surface area contributed by atoms with Crippen LogP contribution < -0.4 is 0 Å². The van der Waals surface area contributed by atoms with Crippen molar-refractivity contribution in [2.24, 2.45) is 11.8 Å². The van der Waals surface area contributed by atoms with Crippen LogP contribution in [-0.4, -0.2) is 11.2 Å². The molecule has 0 bridgehead atoms. The second-order valence-electron chi connectivity index (χ2n) is 4.56. The van der Waals surface area contributed by atoms with Gasteiger partial charge >= 0.3 is 0 Å². The number of rotatable bonds is 1. The van der Waals surface area contributed by atoms with E-state index in [1.165, 1.54) is 44.9 Å². The van der Waals surface area contributed by atoms with Crippen LogP contribution in [0, 0.1) is 11.8 Å². The molecule has 0 aromatic heterocycles. The maximum atomic E-state index is 9.88. The zero-order valence-electron chi connectivity index (χ0n) is 7.84. The van der Waals surface area contributed by atoms with Crippen molar-refractivity contribution in [2.75, 3.05) is 0 Å². The lowest BCUT2D eigenvalue weighted by Crippen LogP contribution is -2.31. The lowest BCUT2D eigenvalue weighted by Gasteiger charge is -2.35. The van der Waals surface area contributed by atoms with Gasteiger partial charge in [-0.05, 0) is 24.7 Å². The lowest BCUT2D eigenvalue weighted by atomic mass is 9.72. The smallest absolute Gasteiger partial charge is 0.0571 e. The summed E-state index contributed by atoms with van der Waals surface area (Å²) in [5.74, 6) is 1.55. The van der Waals surface area contributed by atoms with Crippen LogP contribution >= 0.6 is 0 Å². The summed E-state index contributed by atoms with van der Waals surface area (Å²) in [4.78, 5) is 0. The number of hydrogen-bond donors (Lipinski definition) is 1. The van der Waals surface area contributed by atoms with Crippen LogP contribution in [-0.2, 0) is 0 Å². The molecule has 2 fully saturated rings. The third-order valence-corrected chi connectivity index (χ3v) is 3.79. The summed E-state index contributed by atoms with van der Waals surface area (Å²) >= 11 is 0. The molecular weight excluding hydrogens is 148 g/mol. The maximum absolute atomic E-state index is 9.88. The third kappa shape index (κ3) is 1.66. The summed E-state index contributed by atoms with van der Waals surface area (Å²) in [5.41, 5.74) is 0. The quantitative estimate of drug-likeness (QED) is 0.597. The van der Waals surface area contributed by atoms with Crippen LogP contribution in [0.1, 0.15) is 51.4 Å². The van der Waals surface area contributed by atoms with E-state index in [9.17, 15) is 5.11 Å². The topological polar surface area (TPSA) is 20.2 Å². The molecule has 1 heteroatoms. The fourth-order valence-corrected chi connectivity index (χ4v) is 2.73. The van der Waals surface area contributed by atoms with Crippen molar-refractivity contribution in [1.29, 1.82) is 0 Å². The second-order valence-corrected chi connectivity index (χ2v) is 4.56. The highest BCUT2D eigenvalue weighted by Crippen LogP contribution is 2.40. The average molecular weight is 168 g/mol. The highest BCUT2D eigenvalue weighted by atomic mass is 16.3. The Bertz CT molecular complexity index is 140. The maximum Gasteiger partial charge on any atom is 0.0571 e. The van der Waals surface area contributed by atoms with Crippen molar-refractivity contribution in [2.45, 2.75) is 57.5 Å². The van der Waals surface area contributed by atoms with Crippen molar-refractivity contribution in [3.05, 3.63) is 0 Å². The fraction of sp³-hybridized carbons (Fsp3) is 1.00. The van der Waals surface area contributed by atoms with E-state index < -0.39 is 0 Å². The third-order valence-electron chi connectivity index (χ3n) is 3.79. The Kier molecular flexibility index (Phi) is 2.69. The SMILES string of the molecule is OC1CCCCCC1C1CCC1. The van der Waals surface area contributed by atoms with Crippen LogP contribution in [0.4, 0.5) is 0 Å². The van der Waals surface area contributed by atoms with Crippen LogP contribution in [0.25, 0.3) is 0 Å². The summed E-state index contributed by atoms with van der Waals surface area (Å²) in [6.07, 6.45) is 10.6. The molecular formula is C11H20O. The molecule has 2 unspecified atom stereocenters. The highest BCUT2D eigenvalue weighted by Gasteiger charge is 2.32. The molecule has 2 aliphatic carbocycles. The van der Waals surface area contributed by atoms with E-state index in [-0.39, 0.29) is 6.10 Å². The molecule has 2 saturated carbocycles. The van der Waals surface area contributed by atoms with Gasteiger partial charge in [-0.15, -0.1) is 0 Å². The van der Waals surface area contributed by atoms with Crippen LogP contribution in [0.5, 0.6) is 0 Å². The van der Waals surface area contributed by atoms with Crippen molar-refractivity contribution in [3.63, 3.8) is 0 Å². The highest BCUT2D eigenvalue weighted by molar-refractivity contribution is 4.83. The van der Waals surface area contributed by atoms with E-state index in [0.29, 0.717) is 5.92 Å². The molecule has 0 aliphatic heterocycles. The first kappa shape index (κ1) is 8.55. The molecule has 0 saturated heterocycles. The van der Waals surface area contributed by atoms with Gasteiger partial charge in [0.15, 0.2) is 0 Å². The molecule has 0 aromatic rings. The Balaban J connectivity index is 1.90. The predicted molar refractivity (Wildman–Crippen MR) is 49.9 cm³/mol. The number of aliphatic hydroxyl groups excluding tert-OH is 1. The van der Waals surface area contributed by atoms with Crippen molar-refractivity contribution in [3.8, 4) is 0 Å². The minimum atomic E-state index is 0.0396. The van der Waals surface area contributed by atoms with Gasteiger partial charge in [0.25, 0.3) is 0 Å². The molecule has 0 spiro atoms. The average Bonchev–Trinajstić information content (AvgIpc) is 2.13. The van der Waals surface area contributed by atoms with Crippen molar-refractivity contribution < 1.29 is 5.11 Å². The predicted octanol–water partition coefficient (Wildman–Crippen LogP) is 2.73. The first-order chi connectivity index (χ1) is 5.88. The Morgan fingerprint density at radius 1 is 0.750 bits per heavy atom.